The Hall–Kier alpha value is -2.44. The molecule has 1 aliphatic heterocycles. The van der Waals surface area contributed by atoms with Crippen LogP contribution < -0.4 is 5.32 Å². The molecule has 0 aliphatic carbocycles. The van der Waals surface area contributed by atoms with Crippen molar-refractivity contribution in [3.8, 4) is 0 Å². The number of likely N-dealkylation sites (tertiary alicyclic amines) is 1. The van der Waals surface area contributed by atoms with E-state index in [2.05, 4.69) is 5.32 Å². The zero-order valence-electron chi connectivity index (χ0n) is 15.9. The van der Waals surface area contributed by atoms with Gasteiger partial charge in [0, 0.05) is 45.8 Å². The van der Waals surface area contributed by atoms with Crippen molar-refractivity contribution >= 4 is 51.8 Å². The fourth-order valence-electron chi connectivity index (χ4n) is 3.58. The van der Waals surface area contributed by atoms with Gasteiger partial charge in [0.15, 0.2) is 0 Å². The van der Waals surface area contributed by atoms with Gasteiger partial charge in [-0.25, -0.2) is 0 Å². The molecule has 2 aromatic carbocycles. The molecule has 2 amide bonds. The molecule has 0 atom stereocenters. The summed E-state index contributed by atoms with van der Waals surface area (Å²) in [7, 11) is 0. The standard InChI is InChI=1S/C22H22ClN3O2S/c23-16-6-5-7-17(12-16)24-21(27)15-29-20-13-26(19-9-2-1-8-18(19)20)14-22(28)25-10-3-4-11-25/h1-2,5-9,12-13H,3-4,10-11,14-15H2,(H,24,27). The summed E-state index contributed by atoms with van der Waals surface area (Å²) in [5, 5.41) is 4.51. The van der Waals surface area contributed by atoms with Crippen molar-refractivity contribution in [2.75, 3.05) is 24.2 Å². The van der Waals surface area contributed by atoms with Gasteiger partial charge in [0.2, 0.25) is 11.8 Å². The number of nitrogens with one attached hydrogen (secondary N) is 1. The summed E-state index contributed by atoms with van der Waals surface area (Å²) in [6.45, 7) is 2.03. The number of fused-ring (bicyclic) bond motifs is 1. The van der Waals surface area contributed by atoms with E-state index in [1.54, 1.807) is 18.2 Å². The number of carbonyl (C=O) groups is 2. The Kier molecular flexibility index (Phi) is 6.11. The summed E-state index contributed by atoms with van der Waals surface area (Å²) in [6.07, 6.45) is 4.15. The Morgan fingerprint density at radius 3 is 2.66 bits per heavy atom. The maximum absolute atomic E-state index is 12.6. The third kappa shape index (κ3) is 4.77. The summed E-state index contributed by atoms with van der Waals surface area (Å²) in [4.78, 5) is 27.9. The van der Waals surface area contributed by atoms with Gasteiger partial charge >= 0.3 is 0 Å². The molecule has 150 valence electrons. The van der Waals surface area contributed by atoms with Gasteiger partial charge in [-0.3, -0.25) is 9.59 Å². The second-order valence-corrected chi connectivity index (χ2v) is 8.53. The first-order chi connectivity index (χ1) is 14.1. The van der Waals surface area contributed by atoms with E-state index in [-0.39, 0.29) is 17.6 Å². The maximum Gasteiger partial charge on any atom is 0.242 e. The molecule has 0 radical (unpaired) electrons. The predicted molar refractivity (Wildman–Crippen MR) is 119 cm³/mol. The van der Waals surface area contributed by atoms with Crippen LogP contribution >= 0.6 is 23.4 Å². The molecule has 1 fully saturated rings. The van der Waals surface area contributed by atoms with Crippen LogP contribution in [0.2, 0.25) is 5.02 Å². The maximum atomic E-state index is 12.6. The molecule has 4 rings (SSSR count). The van der Waals surface area contributed by atoms with E-state index in [0.717, 1.165) is 41.7 Å². The summed E-state index contributed by atoms with van der Waals surface area (Å²) in [5.74, 6) is 0.335. The van der Waals surface area contributed by atoms with E-state index in [4.69, 9.17) is 11.6 Å². The first-order valence-electron chi connectivity index (χ1n) is 9.64. The highest BCUT2D eigenvalue weighted by Gasteiger charge is 2.19. The average molecular weight is 428 g/mol. The molecule has 3 aromatic rings. The number of aromatic nitrogens is 1. The fraction of sp³-hybridized carbons (Fsp3) is 0.273. The number of benzene rings is 2. The van der Waals surface area contributed by atoms with Crippen LogP contribution in [-0.2, 0) is 16.1 Å². The molecule has 0 bridgehead atoms. The minimum Gasteiger partial charge on any atom is -0.341 e. The first-order valence-corrected chi connectivity index (χ1v) is 11.0. The van der Waals surface area contributed by atoms with Crippen LogP contribution in [0.25, 0.3) is 10.9 Å². The summed E-state index contributed by atoms with van der Waals surface area (Å²) in [6, 6.07) is 15.1. The SMILES string of the molecule is O=C(CSc1cn(CC(=O)N2CCCC2)c2ccccc12)Nc1cccc(Cl)c1. The average Bonchev–Trinajstić information content (AvgIpc) is 3.35. The summed E-state index contributed by atoms with van der Waals surface area (Å²) < 4.78 is 1.99. The largest absolute Gasteiger partial charge is 0.341 e. The zero-order valence-corrected chi connectivity index (χ0v) is 17.5. The van der Waals surface area contributed by atoms with E-state index < -0.39 is 0 Å². The van der Waals surface area contributed by atoms with Crippen LogP contribution in [0.1, 0.15) is 12.8 Å². The molecule has 29 heavy (non-hydrogen) atoms. The minimum atomic E-state index is -0.0951. The van der Waals surface area contributed by atoms with Crippen LogP contribution in [0.3, 0.4) is 0 Å². The lowest BCUT2D eigenvalue weighted by Gasteiger charge is -2.15. The topological polar surface area (TPSA) is 54.3 Å². The third-order valence-electron chi connectivity index (χ3n) is 4.98. The number of thioether (sulfide) groups is 1. The van der Waals surface area contributed by atoms with Gasteiger partial charge in [-0.1, -0.05) is 35.9 Å². The Balaban J connectivity index is 1.46. The molecule has 2 heterocycles. The van der Waals surface area contributed by atoms with Crippen molar-refractivity contribution in [2.45, 2.75) is 24.3 Å². The van der Waals surface area contributed by atoms with Gasteiger partial charge < -0.3 is 14.8 Å². The second-order valence-electron chi connectivity index (χ2n) is 7.07. The zero-order chi connectivity index (χ0) is 20.2. The van der Waals surface area contributed by atoms with Gasteiger partial charge in [-0.2, -0.15) is 0 Å². The molecule has 7 heteroatoms. The van der Waals surface area contributed by atoms with Crippen molar-refractivity contribution in [1.29, 1.82) is 0 Å². The number of para-hydroxylation sites is 1. The Labute approximate surface area is 179 Å². The Morgan fingerprint density at radius 2 is 1.86 bits per heavy atom. The van der Waals surface area contributed by atoms with E-state index in [1.807, 2.05) is 46.0 Å². The quantitative estimate of drug-likeness (QED) is 0.582. The Morgan fingerprint density at radius 1 is 1.07 bits per heavy atom. The highest BCUT2D eigenvalue weighted by atomic mass is 35.5. The number of hydrogen-bond donors (Lipinski definition) is 1. The number of halogens is 1. The van der Waals surface area contributed by atoms with Crippen LogP contribution in [0, 0.1) is 0 Å². The van der Waals surface area contributed by atoms with E-state index in [1.165, 1.54) is 11.8 Å². The van der Waals surface area contributed by atoms with Crippen LogP contribution in [0.4, 0.5) is 5.69 Å². The lowest BCUT2D eigenvalue weighted by molar-refractivity contribution is -0.130. The summed E-state index contributed by atoms with van der Waals surface area (Å²) >= 11 is 7.44. The smallest absolute Gasteiger partial charge is 0.242 e. The predicted octanol–water partition coefficient (Wildman–Crippen LogP) is 4.65. The molecule has 1 aliphatic rings. The Bertz CT molecular complexity index is 1040. The fourth-order valence-corrected chi connectivity index (χ4v) is 4.66. The first kappa shape index (κ1) is 19.9. The number of hydrogen-bond acceptors (Lipinski definition) is 3. The molecule has 5 nitrogen and oxygen atoms in total. The highest BCUT2D eigenvalue weighted by Crippen LogP contribution is 2.30. The normalized spacial score (nSPS) is 13.8. The number of rotatable bonds is 6. The molecule has 1 saturated heterocycles. The van der Waals surface area contributed by atoms with Crippen LogP contribution in [0.15, 0.2) is 59.6 Å². The van der Waals surface area contributed by atoms with Crippen molar-refractivity contribution in [2.24, 2.45) is 0 Å². The van der Waals surface area contributed by atoms with Gasteiger partial charge in [0.25, 0.3) is 0 Å². The molecule has 1 aromatic heterocycles. The van der Waals surface area contributed by atoms with E-state index in [0.29, 0.717) is 17.3 Å². The molecule has 0 saturated carbocycles. The monoisotopic (exact) mass is 427 g/mol. The minimum absolute atomic E-state index is 0.0951. The van der Waals surface area contributed by atoms with Gasteiger partial charge in [-0.05, 0) is 37.1 Å². The molecule has 0 unspecified atom stereocenters. The molecule has 0 spiro atoms. The van der Waals surface area contributed by atoms with Gasteiger partial charge in [0.05, 0.1) is 5.75 Å². The molecular weight excluding hydrogens is 406 g/mol. The lowest BCUT2D eigenvalue weighted by atomic mass is 10.2. The van der Waals surface area contributed by atoms with E-state index in [9.17, 15) is 9.59 Å². The summed E-state index contributed by atoms with van der Waals surface area (Å²) in [5.41, 5.74) is 1.69. The van der Waals surface area contributed by atoms with Crippen LogP contribution in [0.5, 0.6) is 0 Å². The number of amides is 2. The van der Waals surface area contributed by atoms with Crippen LogP contribution in [-0.4, -0.2) is 40.1 Å². The highest BCUT2D eigenvalue weighted by molar-refractivity contribution is 8.00. The second kappa shape index (κ2) is 8.93. The van der Waals surface area contributed by atoms with Crippen molar-refractivity contribution in [3.05, 3.63) is 59.8 Å². The lowest BCUT2D eigenvalue weighted by Crippen LogP contribution is -2.30. The van der Waals surface area contributed by atoms with Crippen molar-refractivity contribution < 1.29 is 9.59 Å². The molecule has 1 N–H and O–H groups in total. The number of nitrogens with zero attached hydrogens (tertiary/aromatic N) is 2. The van der Waals surface area contributed by atoms with E-state index >= 15 is 0 Å². The van der Waals surface area contributed by atoms with Gasteiger partial charge in [0.1, 0.15) is 6.54 Å². The molecular formula is C22H22ClN3O2S. The van der Waals surface area contributed by atoms with Crippen molar-refractivity contribution in [1.82, 2.24) is 9.47 Å². The van der Waals surface area contributed by atoms with Gasteiger partial charge in [-0.15, -0.1) is 11.8 Å². The number of anilines is 1. The number of carbonyl (C=O) groups excluding carboxylic acids is 2. The van der Waals surface area contributed by atoms with Crippen molar-refractivity contribution in [3.63, 3.8) is 0 Å². The third-order valence-corrected chi connectivity index (χ3v) is 6.26.